The van der Waals surface area contributed by atoms with E-state index in [0.29, 0.717) is 28.2 Å². The van der Waals surface area contributed by atoms with Gasteiger partial charge >= 0.3 is 5.97 Å². The molecule has 3 N–H and O–H groups in total. The first-order valence-corrected chi connectivity index (χ1v) is 8.47. The van der Waals surface area contributed by atoms with Crippen LogP contribution < -0.4 is 10.9 Å². The first-order chi connectivity index (χ1) is 11.3. The lowest BCUT2D eigenvalue weighted by molar-refractivity contribution is -0.149. The minimum absolute atomic E-state index is 0.0104. The lowest BCUT2D eigenvalue weighted by Crippen LogP contribution is -2.42. The molecule has 1 amide bonds. The number of fused-ring (bicyclic) bond motifs is 1. The monoisotopic (exact) mass is 394 g/mol. The molecule has 1 aromatic carbocycles. The molecular weight excluding hydrogens is 376 g/mol. The number of para-hydroxylation sites is 1. The Hall–Kier alpha value is -2.15. The van der Waals surface area contributed by atoms with Crippen LogP contribution in [-0.4, -0.2) is 28.5 Å². The fourth-order valence-electron chi connectivity index (χ4n) is 2.65. The summed E-state index contributed by atoms with van der Waals surface area (Å²) in [5, 5.41) is 12.7. The van der Waals surface area contributed by atoms with Crippen molar-refractivity contribution in [3.8, 4) is 0 Å². The SMILES string of the molecule is CCC(CC)(CNC(=O)c1cc(=O)[nH]c2c(Br)cccc12)C(=O)O. The molecule has 0 bridgehead atoms. The van der Waals surface area contributed by atoms with Crippen molar-refractivity contribution in [2.75, 3.05) is 6.54 Å². The zero-order valence-electron chi connectivity index (χ0n) is 13.5. The van der Waals surface area contributed by atoms with Crippen molar-refractivity contribution in [3.05, 3.63) is 44.7 Å². The smallest absolute Gasteiger partial charge is 0.311 e. The molecule has 128 valence electrons. The van der Waals surface area contributed by atoms with Gasteiger partial charge in [0.2, 0.25) is 5.56 Å². The number of aliphatic carboxylic acids is 1. The van der Waals surface area contributed by atoms with Crippen molar-refractivity contribution in [1.82, 2.24) is 10.3 Å². The Balaban J connectivity index is 2.37. The zero-order chi connectivity index (χ0) is 17.9. The van der Waals surface area contributed by atoms with Crippen LogP contribution >= 0.6 is 15.9 Å². The maximum absolute atomic E-state index is 12.6. The third-order valence-corrected chi connectivity index (χ3v) is 5.13. The highest BCUT2D eigenvalue weighted by molar-refractivity contribution is 9.10. The number of hydrogen-bond donors (Lipinski definition) is 3. The topological polar surface area (TPSA) is 99.3 Å². The summed E-state index contributed by atoms with van der Waals surface area (Å²) in [7, 11) is 0. The van der Waals surface area contributed by atoms with Crippen LogP contribution in [0.15, 0.2) is 33.5 Å². The van der Waals surface area contributed by atoms with E-state index in [-0.39, 0.29) is 12.1 Å². The highest BCUT2D eigenvalue weighted by atomic mass is 79.9. The Morgan fingerprint density at radius 1 is 1.29 bits per heavy atom. The number of carboxylic acid groups (broad SMARTS) is 1. The van der Waals surface area contributed by atoms with Crippen molar-refractivity contribution >= 4 is 38.7 Å². The predicted molar refractivity (Wildman–Crippen MR) is 95.3 cm³/mol. The van der Waals surface area contributed by atoms with E-state index >= 15 is 0 Å². The summed E-state index contributed by atoms with van der Waals surface area (Å²) in [6.07, 6.45) is 0.807. The van der Waals surface area contributed by atoms with E-state index in [2.05, 4.69) is 26.2 Å². The van der Waals surface area contributed by atoms with Crippen molar-refractivity contribution < 1.29 is 14.7 Å². The predicted octanol–water partition coefficient (Wildman–Crippen LogP) is 2.91. The van der Waals surface area contributed by atoms with E-state index in [1.54, 1.807) is 32.0 Å². The number of rotatable bonds is 6. The second-order valence-corrected chi connectivity index (χ2v) is 6.54. The molecule has 7 heteroatoms. The summed E-state index contributed by atoms with van der Waals surface area (Å²) in [5.41, 5.74) is -0.644. The van der Waals surface area contributed by atoms with Gasteiger partial charge in [0.25, 0.3) is 5.91 Å². The zero-order valence-corrected chi connectivity index (χ0v) is 15.1. The van der Waals surface area contributed by atoms with Gasteiger partial charge < -0.3 is 15.4 Å². The molecule has 1 aromatic heterocycles. The molecule has 2 rings (SSSR count). The molecule has 1 heterocycles. The van der Waals surface area contributed by atoms with Crippen molar-refractivity contribution in [2.45, 2.75) is 26.7 Å². The quantitative estimate of drug-likeness (QED) is 0.700. The number of nitrogens with one attached hydrogen (secondary N) is 2. The van der Waals surface area contributed by atoms with Crippen LogP contribution in [0, 0.1) is 5.41 Å². The first kappa shape index (κ1) is 18.2. The Labute approximate surface area is 147 Å². The van der Waals surface area contributed by atoms with Crippen molar-refractivity contribution in [2.24, 2.45) is 5.41 Å². The summed E-state index contributed by atoms with van der Waals surface area (Å²) in [5.74, 6) is -1.40. The van der Waals surface area contributed by atoms with Crippen LogP contribution in [0.2, 0.25) is 0 Å². The fraction of sp³-hybridized carbons (Fsp3) is 0.353. The van der Waals surface area contributed by atoms with Crippen LogP contribution in [0.5, 0.6) is 0 Å². The van der Waals surface area contributed by atoms with Crippen LogP contribution in [0.1, 0.15) is 37.0 Å². The third kappa shape index (κ3) is 3.36. The highest BCUT2D eigenvalue weighted by Crippen LogP contribution is 2.27. The van der Waals surface area contributed by atoms with Crippen molar-refractivity contribution in [3.63, 3.8) is 0 Å². The summed E-state index contributed by atoms with van der Waals surface area (Å²) in [4.78, 5) is 38.6. The number of H-pyrrole nitrogens is 1. The van der Waals surface area contributed by atoms with Gasteiger partial charge in [-0.1, -0.05) is 26.0 Å². The molecule has 0 saturated carbocycles. The molecule has 6 nitrogen and oxygen atoms in total. The number of carboxylic acids is 1. The Morgan fingerprint density at radius 3 is 2.54 bits per heavy atom. The minimum atomic E-state index is -1.01. The maximum atomic E-state index is 12.6. The highest BCUT2D eigenvalue weighted by Gasteiger charge is 2.35. The Kier molecular flexibility index (Phi) is 5.43. The molecule has 0 saturated heterocycles. The number of aromatic amines is 1. The largest absolute Gasteiger partial charge is 0.481 e. The minimum Gasteiger partial charge on any atom is -0.481 e. The van der Waals surface area contributed by atoms with Gasteiger partial charge in [0, 0.05) is 22.5 Å². The Bertz CT molecular complexity index is 840. The second kappa shape index (κ2) is 7.17. The number of hydrogen-bond acceptors (Lipinski definition) is 3. The van der Waals surface area contributed by atoms with E-state index in [1.807, 2.05) is 0 Å². The molecular formula is C17H19BrN2O4. The second-order valence-electron chi connectivity index (χ2n) is 5.68. The summed E-state index contributed by atoms with van der Waals surface area (Å²) in [6.45, 7) is 3.57. The number of pyridine rings is 1. The molecule has 0 unspecified atom stereocenters. The number of aromatic nitrogens is 1. The molecule has 0 aliphatic heterocycles. The van der Waals surface area contributed by atoms with Crippen LogP contribution in [0.3, 0.4) is 0 Å². The van der Waals surface area contributed by atoms with E-state index in [1.165, 1.54) is 6.07 Å². The van der Waals surface area contributed by atoms with Gasteiger partial charge in [-0.3, -0.25) is 14.4 Å². The Morgan fingerprint density at radius 2 is 1.96 bits per heavy atom. The number of carbonyl (C=O) groups excluding carboxylic acids is 1. The van der Waals surface area contributed by atoms with E-state index in [4.69, 9.17) is 0 Å². The van der Waals surface area contributed by atoms with Gasteiger partial charge in [0.05, 0.1) is 16.5 Å². The summed E-state index contributed by atoms with van der Waals surface area (Å²) in [6, 6.07) is 6.49. The average Bonchev–Trinajstić information content (AvgIpc) is 2.56. The van der Waals surface area contributed by atoms with Crippen LogP contribution in [0.25, 0.3) is 10.9 Å². The van der Waals surface area contributed by atoms with Crippen LogP contribution in [-0.2, 0) is 4.79 Å². The molecule has 0 aliphatic carbocycles. The third-order valence-electron chi connectivity index (χ3n) is 4.47. The summed E-state index contributed by atoms with van der Waals surface area (Å²) >= 11 is 3.35. The van der Waals surface area contributed by atoms with Gasteiger partial charge in [0.15, 0.2) is 0 Å². The molecule has 0 radical (unpaired) electrons. The number of halogens is 1. The number of benzene rings is 1. The van der Waals surface area contributed by atoms with Gasteiger partial charge in [0.1, 0.15) is 0 Å². The lowest BCUT2D eigenvalue weighted by atomic mass is 9.82. The fourth-order valence-corrected chi connectivity index (χ4v) is 3.12. The normalized spacial score (nSPS) is 11.5. The molecule has 0 aliphatic rings. The van der Waals surface area contributed by atoms with E-state index in [9.17, 15) is 19.5 Å². The van der Waals surface area contributed by atoms with Crippen LogP contribution in [0.4, 0.5) is 0 Å². The lowest BCUT2D eigenvalue weighted by Gasteiger charge is -2.26. The maximum Gasteiger partial charge on any atom is 0.311 e. The average molecular weight is 395 g/mol. The summed E-state index contributed by atoms with van der Waals surface area (Å²) < 4.78 is 0.675. The van der Waals surface area contributed by atoms with E-state index < -0.39 is 22.9 Å². The van der Waals surface area contributed by atoms with Crippen molar-refractivity contribution in [1.29, 1.82) is 0 Å². The standard InChI is InChI=1S/C17H19BrN2O4/c1-3-17(4-2,16(23)24)9-19-15(22)11-8-13(21)20-14-10(11)6-5-7-12(14)18/h5-8H,3-4,9H2,1-2H3,(H,19,22)(H,20,21)(H,23,24). The molecule has 0 fully saturated rings. The molecule has 0 atom stereocenters. The number of carbonyl (C=O) groups is 2. The molecule has 0 spiro atoms. The molecule has 2 aromatic rings. The molecule has 24 heavy (non-hydrogen) atoms. The van der Waals surface area contributed by atoms with Gasteiger partial charge in [-0.2, -0.15) is 0 Å². The van der Waals surface area contributed by atoms with Gasteiger partial charge in [-0.05, 0) is 34.8 Å². The van der Waals surface area contributed by atoms with E-state index in [0.717, 1.165) is 0 Å². The first-order valence-electron chi connectivity index (χ1n) is 7.67. The van der Waals surface area contributed by atoms with Gasteiger partial charge in [-0.15, -0.1) is 0 Å². The number of amides is 1. The van der Waals surface area contributed by atoms with Gasteiger partial charge in [-0.25, -0.2) is 0 Å².